The Balaban J connectivity index is 1.57. The fourth-order valence-corrected chi connectivity index (χ4v) is 3.41. The maximum atomic E-state index is 13.0. The van der Waals surface area contributed by atoms with Crippen LogP contribution in [0.3, 0.4) is 0 Å². The number of aromatic nitrogens is 3. The van der Waals surface area contributed by atoms with E-state index in [-0.39, 0.29) is 0 Å². The second-order valence-electron chi connectivity index (χ2n) is 6.74. The predicted molar refractivity (Wildman–Crippen MR) is 95.6 cm³/mol. The van der Waals surface area contributed by atoms with Crippen molar-refractivity contribution in [3.63, 3.8) is 0 Å². The molecule has 1 aliphatic heterocycles. The molecule has 0 saturated heterocycles. The molecule has 7 heteroatoms. The molecule has 0 radical (unpaired) electrons. The molecule has 0 bridgehead atoms. The van der Waals surface area contributed by atoms with E-state index in [4.69, 9.17) is 0 Å². The van der Waals surface area contributed by atoms with Crippen LogP contribution in [0.25, 0.3) is 11.3 Å². The van der Waals surface area contributed by atoms with Crippen molar-refractivity contribution in [2.75, 3.05) is 6.54 Å². The summed E-state index contributed by atoms with van der Waals surface area (Å²) in [5.74, 6) is 0. The molecule has 3 heterocycles. The fourth-order valence-electron chi connectivity index (χ4n) is 3.41. The predicted octanol–water partition coefficient (Wildman–Crippen LogP) is 4.37. The zero-order chi connectivity index (χ0) is 18.9. The lowest BCUT2D eigenvalue weighted by molar-refractivity contribution is -0.137. The number of hydrogen-bond acceptors (Lipinski definition) is 3. The molecule has 0 aliphatic carbocycles. The minimum absolute atomic E-state index is 0.492. The van der Waals surface area contributed by atoms with E-state index in [2.05, 4.69) is 15.0 Å². The van der Waals surface area contributed by atoms with Gasteiger partial charge in [-0.05, 0) is 42.3 Å². The molecule has 4 rings (SSSR count). The van der Waals surface area contributed by atoms with E-state index in [0.717, 1.165) is 43.9 Å². The SMILES string of the molecule is FC(F)(F)c1cccc(-c2cc3n(n2)CCCN(Cc2ccncc2)C3)c1. The van der Waals surface area contributed by atoms with Gasteiger partial charge >= 0.3 is 6.18 Å². The minimum Gasteiger partial charge on any atom is -0.293 e. The molecule has 0 N–H and O–H groups in total. The molecule has 1 aliphatic rings. The van der Waals surface area contributed by atoms with Crippen molar-refractivity contribution in [2.24, 2.45) is 0 Å². The van der Waals surface area contributed by atoms with Gasteiger partial charge in [-0.15, -0.1) is 0 Å². The molecule has 0 amide bonds. The summed E-state index contributed by atoms with van der Waals surface area (Å²) in [7, 11) is 0. The Bertz CT molecular complexity index is 918. The summed E-state index contributed by atoms with van der Waals surface area (Å²) in [5.41, 5.74) is 2.64. The van der Waals surface area contributed by atoms with Gasteiger partial charge in [0.1, 0.15) is 0 Å². The number of nitrogens with zero attached hydrogens (tertiary/aromatic N) is 4. The van der Waals surface area contributed by atoms with Crippen LogP contribution in [0.1, 0.15) is 23.2 Å². The summed E-state index contributed by atoms with van der Waals surface area (Å²) in [6.07, 6.45) is 0.155. The summed E-state index contributed by atoms with van der Waals surface area (Å²) in [6.45, 7) is 3.24. The van der Waals surface area contributed by atoms with Crippen LogP contribution in [0.15, 0.2) is 54.9 Å². The molecule has 1 aromatic carbocycles. The van der Waals surface area contributed by atoms with Crippen LogP contribution in [-0.2, 0) is 25.8 Å². The molecule has 2 aromatic heterocycles. The molecule has 0 fully saturated rings. The molecule has 27 heavy (non-hydrogen) atoms. The topological polar surface area (TPSA) is 34.0 Å². The summed E-state index contributed by atoms with van der Waals surface area (Å²) in [5, 5.41) is 4.56. The van der Waals surface area contributed by atoms with E-state index in [1.807, 2.05) is 22.9 Å². The van der Waals surface area contributed by atoms with Crippen molar-refractivity contribution in [3.8, 4) is 11.3 Å². The van der Waals surface area contributed by atoms with Gasteiger partial charge in [0, 0.05) is 44.1 Å². The van der Waals surface area contributed by atoms with Gasteiger partial charge in [0.05, 0.1) is 17.0 Å². The van der Waals surface area contributed by atoms with Crippen LogP contribution in [0.5, 0.6) is 0 Å². The third-order valence-electron chi connectivity index (χ3n) is 4.73. The fraction of sp³-hybridized carbons (Fsp3) is 0.300. The van der Waals surface area contributed by atoms with Gasteiger partial charge in [-0.2, -0.15) is 18.3 Å². The van der Waals surface area contributed by atoms with Gasteiger partial charge in [0.15, 0.2) is 0 Å². The first-order valence-electron chi connectivity index (χ1n) is 8.85. The van der Waals surface area contributed by atoms with Crippen LogP contribution in [0.4, 0.5) is 13.2 Å². The van der Waals surface area contributed by atoms with Crippen LogP contribution < -0.4 is 0 Å². The quantitative estimate of drug-likeness (QED) is 0.685. The maximum absolute atomic E-state index is 13.0. The Kier molecular flexibility index (Phi) is 4.70. The number of benzene rings is 1. The largest absolute Gasteiger partial charge is 0.416 e. The van der Waals surface area contributed by atoms with Crippen LogP contribution >= 0.6 is 0 Å². The minimum atomic E-state index is -4.35. The molecular formula is C20H19F3N4. The van der Waals surface area contributed by atoms with Gasteiger partial charge in [0.25, 0.3) is 0 Å². The summed E-state index contributed by atoms with van der Waals surface area (Å²) in [4.78, 5) is 6.37. The van der Waals surface area contributed by atoms with Crippen molar-refractivity contribution < 1.29 is 13.2 Å². The highest BCUT2D eigenvalue weighted by molar-refractivity contribution is 5.60. The molecular weight excluding hydrogens is 353 g/mol. The van der Waals surface area contributed by atoms with Crippen LogP contribution in [0.2, 0.25) is 0 Å². The molecule has 0 saturated carbocycles. The van der Waals surface area contributed by atoms with Crippen molar-refractivity contribution >= 4 is 0 Å². The van der Waals surface area contributed by atoms with Gasteiger partial charge in [-0.25, -0.2) is 0 Å². The number of pyridine rings is 1. The number of fused-ring (bicyclic) bond motifs is 1. The standard InChI is InChI=1S/C20H19F3N4/c21-20(22,23)17-4-1-3-16(11-17)19-12-18-14-26(9-2-10-27(18)25-19)13-15-5-7-24-8-6-15/h1,3-8,11-12H,2,9-10,13-14H2. The third kappa shape index (κ3) is 4.03. The van der Waals surface area contributed by atoms with E-state index >= 15 is 0 Å². The molecule has 0 spiro atoms. The Morgan fingerprint density at radius 1 is 1.00 bits per heavy atom. The van der Waals surface area contributed by atoms with Crippen molar-refractivity contribution in [1.82, 2.24) is 19.7 Å². The van der Waals surface area contributed by atoms with E-state index < -0.39 is 11.7 Å². The highest BCUT2D eigenvalue weighted by atomic mass is 19.4. The number of hydrogen-bond donors (Lipinski definition) is 0. The monoisotopic (exact) mass is 372 g/mol. The normalized spacial score (nSPS) is 15.4. The highest BCUT2D eigenvalue weighted by Crippen LogP contribution is 2.32. The highest BCUT2D eigenvalue weighted by Gasteiger charge is 2.30. The Morgan fingerprint density at radius 2 is 1.81 bits per heavy atom. The molecule has 140 valence electrons. The van der Waals surface area contributed by atoms with Crippen LogP contribution in [-0.4, -0.2) is 26.2 Å². The van der Waals surface area contributed by atoms with Gasteiger partial charge in [0.2, 0.25) is 0 Å². The van der Waals surface area contributed by atoms with Gasteiger partial charge < -0.3 is 0 Å². The smallest absolute Gasteiger partial charge is 0.293 e. The van der Waals surface area contributed by atoms with Crippen molar-refractivity contribution in [3.05, 3.63) is 71.7 Å². The molecule has 3 aromatic rings. The number of aryl methyl sites for hydroxylation is 1. The Morgan fingerprint density at radius 3 is 2.59 bits per heavy atom. The van der Waals surface area contributed by atoms with Crippen molar-refractivity contribution in [2.45, 2.75) is 32.2 Å². The van der Waals surface area contributed by atoms with Gasteiger partial charge in [-0.3, -0.25) is 14.6 Å². The first-order chi connectivity index (χ1) is 13.0. The average Bonchev–Trinajstić information content (AvgIpc) is 2.95. The number of alkyl halides is 3. The summed E-state index contributed by atoms with van der Waals surface area (Å²) >= 11 is 0. The van der Waals surface area contributed by atoms with E-state index in [9.17, 15) is 13.2 Å². The molecule has 4 nitrogen and oxygen atoms in total. The lowest BCUT2D eigenvalue weighted by atomic mass is 10.1. The Hall–Kier alpha value is -2.67. The number of halogens is 3. The summed E-state index contributed by atoms with van der Waals surface area (Å²) < 4.78 is 40.9. The maximum Gasteiger partial charge on any atom is 0.416 e. The zero-order valence-electron chi connectivity index (χ0n) is 14.7. The first kappa shape index (κ1) is 17.7. The van der Waals surface area contributed by atoms with Crippen LogP contribution in [0, 0.1) is 0 Å². The first-order valence-corrected chi connectivity index (χ1v) is 8.85. The second-order valence-corrected chi connectivity index (χ2v) is 6.74. The third-order valence-corrected chi connectivity index (χ3v) is 4.73. The van der Waals surface area contributed by atoms with E-state index in [1.165, 1.54) is 11.6 Å². The Labute approximate surface area is 155 Å². The molecule has 0 unspecified atom stereocenters. The lowest BCUT2D eigenvalue weighted by Crippen LogP contribution is -2.22. The van der Waals surface area contributed by atoms with E-state index in [0.29, 0.717) is 17.8 Å². The summed E-state index contributed by atoms with van der Waals surface area (Å²) in [6, 6.07) is 11.2. The second kappa shape index (κ2) is 7.15. The van der Waals surface area contributed by atoms with Gasteiger partial charge in [-0.1, -0.05) is 12.1 Å². The average molecular weight is 372 g/mol. The van der Waals surface area contributed by atoms with E-state index in [1.54, 1.807) is 18.5 Å². The lowest BCUT2D eigenvalue weighted by Gasteiger charge is -2.19. The van der Waals surface area contributed by atoms with Crippen molar-refractivity contribution in [1.29, 1.82) is 0 Å². The number of rotatable bonds is 3. The zero-order valence-corrected chi connectivity index (χ0v) is 14.7. The molecule has 0 atom stereocenters.